The summed E-state index contributed by atoms with van der Waals surface area (Å²) in [6.45, 7) is 4.31. The highest BCUT2D eigenvalue weighted by Gasteiger charge is 2.33. The topological polar surface area (TPSA) is 156 Å². The first-order valence-corrected chi connectivity index (χ1v) is 15.5. The average Bonchev–Trinajstić information content (AvgIpc) is 3.06. The Labute approximate surface area is 258 Å². The van der Waals surface area contributed by atoms with E-state index in [2.05, 4.69) is 25.8 Å². The van der Waals surface area contributed by atoms with Gasteiger partial charge in [-0.1, -0.05) is 18.2 Å². The summed E-state index contributed by atoms with van der Waals surface area (Å²) in [5, 5.41) is 8.52. The summed E-state index contributed by atoms with van der Waals surface area (Å²) in [4.78, 5) is 63.5. The molecule has 0 radical (unpaired) electrons. The number of likely N-dealkylation sites (tertiary alicyclic amines) is 1. The number of benzene rings is 1. The fourth-order valence-electron chi connectivity index (χ4n) is 6.12. The van der Waals surface area contributed by atoms with Crippen LogP contribution in [0, 0.1) is 0 Å². The van der Waals surface area contributed by atoms with Gasteiger partial charge in [-0.05, 0) is 62.4 Å². The highest BCUT2D eigenvalue weighted by molar-refractivity contribution is 5.92. The van der Waals surface area contributed by atoms with Crippen molar-refractivity contribution in [1.82, 2.24) is 30.3 Å². The number of piperidine rings is 1. The van der Waals surface area contributed by atoms with E-state index in [0.717, 1.165) is 23.4 Å². The minimum Gasteiger partial charge on any atom is -0.368 e. The lowest BCUT2D eigenvalue weighted by molar-refractivity contribution is -0.136. The van der Waals surface area contributed by atoms with Gasteiger partial charge in [-0.15, -0.1) is 0 Å². The number of aromatic nitrogens is 1. The fourth-order valence-corrected chi connectivity index (χ4v) is 6.12. The number of hydrogen-bond donors (Lipinski definition) is 4. The van der Waals surface area contributed by atoms with Crippen LogP contribution in [-0.2, 0) is 16.1 Å². The molecule has 13 heteroatoms. The molecule has 4 heterocycles. The molecule has 0 bridgehead atoms. The number of anilines is 2. The third-order valence-electron chi connectivity index (χ3n) is 8.65. The maximum absolute atomic E-state index is 13.4. The molecule has 1 atom stereocenters. The lowest BCUT2D eigenvalue weighted by atomic mass is 10.0. The molecular formula is C31H43N9O4. The Kier molecular flexibility index (Phi) is 10.5. The first kappa shape index (κ1) is 31.0. The standard InChI is InChI=1S/C31H43N9O4/c32-12-4-3-7-27(29(42)38-19-17-37(18-20-38)24-8-13-33-14-9-24)35-28(41)21-34-30(43)39-15-10-25(11-16-39)40-22-23-5-1-2-6-26(23)36-31(40)44/h1-2,5-6,8-9,13-14,25,27H,3-4,7,10-12,15-22,32H2,(H,34,43)(H,35,41)(H,36,44)/t27-/m0/s1. The second-order valence-corrected chi connectivity index (χ2v) is 11.5. The number of para-hydroxylation sites is 1. The van der Waals surface area contributed by atoms with Gasteiger partial charge in [0.2, 0.25) is 11.8 Å². The number of nitrogens with zero attached hydrogens (tertiary/aromatic N) is 5. The average molecular weight is 606 g/mol. The molecular weight excluding hydrogens is 562 g/mol. The second kappa shape index (κ2) is 14.9. The van der Waals surface area contributed by atoms with Gasteiger partial charge in [-0.25, -0.2) is 9.59 Å². The van der Waals surface area contributed by atoms with Gasteiger partial charge in [0.1, 0.15) is 6.04 Å². The largest absolute Gasteiger partial charge is 0.368 e. The Hall–Kier alpha value is -4.39. The van der Waals surface area contributed by atoms with E-state index >= 15 is 0 Å². The molecule has 0 unspecified atom stereocenters. The third kappa shape index (κ3) is 7.76. The second-order valence-electron chi connectivity index (χ2n) is 11.5. The van der Waals surface area contributed by atoms with Crippen LogP contribution >= 0.6 is 0 Å². The van der Waals surface area contributed by atoms with Crippen LogP contribution < -0.4 is 26.6 Å². The summed E-state index contributed by atoms with van der Waals surface area (Å²) in [6, 6.07) is 10.6. The number of amides is 6. The van der Waals surface area contributed by atoms with Crippen LogP contribution in [-0.4, -0.2) is 108 Å². The first-order valence-electron chi connectivity index (χ1n) is 15.5. The van der Waals surface area contributed by atoms with Gasteiger partial charge < -0.3 is 41.3 Å². The molecule has 13 nitrogen and oxygen atoms in total. The van der Waals surface area contributed by atoms with Crippen molar-refractivity contribution < 1.29 is 19.2 Å². The Morgan fingerprint density at radius 3 is 2.41 bits per heavy atom. The number of rotatable bonds is 10. The molecule has 3 aliphatic heterocycles. The quantitative estimate of drug-likeness (QED) is 0.300. The van der Waals surface area contributed by atoms with Gasteiger partial charge in [0.05, 0.1) is 6.54 Å². The number of hydrogen-bond acceptors (Lipinski definition) is 7. The van der Waals surface area contributed by atoms with E-state index < -0.39 is 11.9 Å². The number of pyridine rings is 1. The van der Waals surface area contributed by atoms with Crippen LogP contribution in [0.1, 0.15) is 37.7 Å². The van der Waals surface area contributed by atoms with E-state index in [1.807, 2.05) is 41.3 Å². The van der Waals surface area contributed by atoms with Crippen molar-refractivity contribution in [2.75, 3.05) is 62.6 Å². The Morgan fingerprint density at radius 1 is 0.955 bits per heavy atom. The predicted molar refractivity (Wildman–Crippen MR) is 167 cm³/mol. The lowest BCUT2D eigenvalue weighted by Gasteiger charge is -2.40. The summed E-state index contributed by atoms with van der Waals surface area (Å²) in [6.07, 6.45) is 6.78. The smallest absolute Gasteiger partial charge is 0.322 e. The number of carbonyl (C=O) groups excluding carboxylic acids is 4. The summed E-state index contributed by atoms with van der Waals surface area (Å²) in [5.74, 6) is -0.513. The van der Waals surface area contributed by atoms with Crippen molar-refractivity contribution in [3.8, 4) is 0 Å². The molecule has 6 amide bonds. The Balaban J connectivity index is 1.07. The van der Waals surface area contributed by atoms with E-state index in [9.17, 15) is 19.2 Å². The van der Waals surface area contributed by atoms with Gasteiger partial charge in [-0.2, -0.15) is 0 Å². The molecule has 2 fully saturated rings. The number of nitrogens with two attached hydrogens (primary N) is 1. The van der Waals surface area contributed by atoms with E-state index in [1.54, 1.807) is 22.2 Å². The number of piperazine rings is 1. The van der Waals surface area contributed by atoms with Crippen LogP contribution in [0.2, 0.25) is 0 Å². The molecule has 2 aromatic rings. The third-order valence-corrected chi connectivity index (χ3v) is 8.65. The van der Waals surface area contributed by atoms with E-state index in [4.69, 9.17) is 5.73 Å². The minimum atomic E-state index is -0.671. The summed E-state index contributed by atoms with van der Waals surface area (Å²) >= 11 is 0. The molecule has 5 rings (SSSR count). The van der Waals surface area contributed by atoms with Crippen molar-refractivity contribution >= 4 is 35.3 Å². The Morgan fingerprint density at radius 2 is 1.68 bits per heavy atom. The van der Waals surface area contributed by atoms with Crippen molar-refractivity contribution in [3.05, 3.63) is 54.4 Å². The monoisotopic (exact) mass is 605 g/mol. The molecule has 2 saturated heterocycles. The maximum Gasteiger partial charge on any atom is 0.322 e. The predicted octanol–water partition coefficient (Wildman–Crippen LogP) is 1.57. The van der Waals surface area contributed by atoms with Crippen molar-refractivity contribution in [2.24, 2.45) is 5.73 Å². The van der Waals surface area contributed by atoms with Gasteiger partial charge in [-0.3, -0.25) is 14.6 Å². The number of urea groups is 2. The van der Waals surface area contributed by atoms with Crippen LogP contribution in [0.3, 0.4) is 0 Å². The van der Waals surface area contributed by atoms with Gasteiger partial charge >= 0.3 is 12.1 Å². The van der Waals surface area contributed by atoms with Crippen LogP contribution in [0.5, 0.6) is 0 Å². The van der Waals surface area contributed by atoms with E-state index in [1.165, 1.54) is 0 Å². The summed E-state index contributed by atoms with van der Waals surface area (Å²) < 4.78 is 0. The highest BCUT2D eigenvalue weighted by atomic mass is 16.2. The van der Waals surface area contributed by atoms with Gasteiger partial charge in [0, 0.05) is 75.6 Å². The maximum atomic E-state index is 13.4. The summed E-state index contributed by atoms with van der Waals surface area (Å²) in [5.41, 5.74) is 8.66. The normalized spacial score (nSPS) is 17.9. The number of carbonyl (C=O) groups is 4. The number of nitrogens with one attached hydrogen (secondary N) is 3. The highest BCUT2D eigenvalue weighted by Crippen LogP contribution is 2.27. The molecule has 0 spiro atoms. The first-order chi connectivity index (χ1) is 21.4. The van der Waals surface area contributed by atoms with Gasteiger partial charge in [0.25, 0.3) is 0 Å². The molecule has 1 aromatic heterocycles. The zero-order valence-corrected chi connectivity index (χ0v) is 25.1. The molecule has 44 heavy (non-hydrogen) atoms. The zero-order valence-electron chi connectivity index (χ0n) is 25.1. The minimum absolute atomic E-state index is 0.0302. The van der Waals surface area contributed by atoms with Crippen LogP contribution in [0.4, 0.5) is 21.0 Å². The van der Waals surface area contributed by atoms with E-state index in [0.29, 0.717) is 78.0 Å². The molecule has 0 saturated carbocycles. The van der Waals surface area contributed by atoms with Crippen LogP contribution in [0.15, 0.2) is 48.8 Å². The summed E-state index contributed by atoms with van der Waals surface area (Å²) in [7, 11) is 0. The van der Waals surface area contributed by atoms with E-state index in [-0.39, 0.29) is 30.6 Å². The molecule has 0 aliphatic carbocycles. The molecule has 1 aromatic carbocycles. The van der Waals surface area contributed by atoms with Crippen LogP contribution in [0.25, 0.3) is 0 Å². The number of fused-ring (bicyclic) bond motifs is 1. The van der Waals surface area contributed by atoms with Gasteiger partial charge in [0.15, 0.2) is 0 Å². The van der Waals surface area contributed by atoms with Crippen molar-refractivity contribution in [2.45, 2.75) is 50.7 Å². The van der Waals surface area contributed by atoms with Crippen molar-refractivity contribution in [3.63, 3.8) is 0 Å². The Bertz CT molecular complexity index is 1290. The molecule has 3 aliphatic rings. The SMILES string of the molecule is NCCCC[C@H](NC(=O)CNC(=O)N1CCC(N2Cc3ccccc3NC2=O)CC1)C(=O)N1CCN(c2ccncc2)CC1. The zero-order chi connectivity index (χ0) is 30.9. The van der Waals surface area contributed by atoms with Crippen molar-refractivity contribution in [1.29, 1.82) is 0 Å². The molecule has 236 valence electrons. The number of unbranched alkanes of at least 4 members (excludes halogenated alkanes) is 1. The lowest BCUT2D eigenvalue weighted by Crippen LogP contribution is -2.56. The fraction of sp³-hybridized carbons (Fsp3) is 0.516. The molecule has 5 N–H and O–H groups in total.